The number of benzene rings is 2. The minimum Gasteiger partial charge on any atom is -0.508 e. The number of aromatic hydroxyl groups is 1. The highest BCUT2D eigenvalue weighted by Crippen LogP contribution is 2.20. The number of nitrogens with one attached hydrogen (secondary N) is 6. The minimum atomic E-state index is -1.71. The van der Waals surface area contributed by atoms with Crippen molar-refractivity contribution < 1.29 is 39.3 Å². The van der Waals surface area contributed by atoms with E-state index in [9.17, 15) is 39.3 Å². The summed E-state index contributed by atoms with van der Waals surface area (Å²) >= 11 is 0. The normalized spacial score (nSPS) is 26.0. The topological polar surface area (TPSA) is 257 Å². The van der Waals surface area contributed by atoms with Crippen molar-refractivity contribution in [3.63, 3.8) is 0 Å². The average Bonchev–Trinajstić information content (AvgIpc) is 3.49. The lowest BCUT2D eigenvalue weighted by molar-refractivity contribution is -0.136. The van der Waals surface area contributed by atoms with Gasteiger partial charge < -0.3 is 53.0 Å². The van der Waals surface area contributed by atoms with Crippen molar-refractivity contribution in [1.82, 2.24) is 31.9 Å². The molecular formula is C30H38N8O8. The third kappa shape index (κ3) is 8.48. The zero-order valence-electron chi connectivity index (χ0n) is 25.0. The summed E-state index contributed by atoms with van der Waals surface area (Å²) in [5.74, 6) is -4.94. The predicted octanol–water partition coefficient (Wildman–Crippen LogP) is -3.55. The number of phenolic OH excluding ortho intramolecular Hbond substituents is 1. The second kappa shape index (κ2) is 15.2. The molecule has 0 aromatic heterocycles. The number of aliphatic hydroxyl groups is 2. The van der Waals surface area contributed by atoms with Gasteiger partial charge in [-0.1, -0.05) is 49.4 Å². The lowest BCUT2D eigenvalue weighted by Gasteiger charge is -2.31. The molecule has 2 aromatic carbocycles. The molecule has 11 N–H and O–H groups in total. The van der Waals surface area contributed by atoms with Gasteiger partial charge in [-0.25, -0.2) is 0 Å². The van der Waals surface area contributed by atoms with Crippen molar-refractivity contribution >= 4 is 35.5 Å². The van der Waals surface area contributed by atoms with Gasteiger partial charge in [-0.05, 0) is 23.3 Å². The van der Waals surface area contributed by atoms with Crippen LogP contribution in [0.2, 0.25) is 0 Å². The van der Waals surface area contributed by atoms with Crippen LogP contribution in [0.25, 0.3) is 0 Å². The van der Waals surface area contributed by atoms with Crippen LogP contribution in [-0.2, 0) is 30.4 Å². The Hall–Kier alpha value is -5.22. The lowest BCUT2D eigenvalue weighted by Crippen LogP contribution is -2.64. The predicted molar refractivity (Wildman–Crippen MR) is 164 cm³/mol. The molecule has 2 heterocycles. The number of aliphatic hydroxyl groups excluding tert-OH is 2. The first-order valence-electron chi connectivity index (χ1n) is 14.6. The number of hydrogen-bond donors (Lipinski definition) is 10. The maximum absolute atomic E-state index is 13.9. The van der Waals surface area contributed by atoms with Crippen molar-refractivity contribution in [2.75, 3.05) is 19.7 Å². The Kier molecular flexibility index (Phi) is 11.1. The monoisotopic (exact) mass is 638 g/mol. The standard InChI is InChI=1S/C30H38N8O8/c1-15(17-5-3-2-4-6-17)23-28(45)34-19(11-16-7-9-18(40)10-8-16)27(44)38-24(25(42)20-12-33-30(31)36-20)29(46)35-21(14-39)26(43)32-13-22(41)37-23/h2-10,15,19-21,23-25,39-40,42H,11-14H2,1H3,(H,32,43)(H,34,45)(H,35,46)(H,37,41)(H,38,44)(H3,31,33,36). The molecule has 7 atom stereocenters. The van der Waals surface area contributed by atoms with E-state index in [1.54, 1.807) is 49.4 Å². The molecule has 0 bridgehead atoms. The highest BCUT2D eigenvalue weighted by Gasteiger charge is 2.40. The molecule has 7 unspecified atom stereocenters. The van der Waals surface area contributed by atoms with Crippen molar-refractivity contribution in [2.45, 2.75) is 55.6 Å². The van der Waals surface area contributed by atoms with Gasteiger partial charge in [0.1, 0.15) is 36.0 Å². The van der Waals surface area contributed by atoms with Crippen LogP contribution in [-0.4, -0.2) is 107 Å². The number of amides is 5. The summed E-state index contributed by atoms with van der Waals surface area (Å²) in [6, 6.07) is 8.01. The van der Waals surface area contributed by atoms with Gasteiger partial charge in [-0.15, -0.1) is 0 Å². The SMILES string of the molecule is CC(c1ccccc1)C1NC(=O)CNC(=O)C(CO)NC(=O)C(C(O)C2CN=C(N)N2)NC(=O)C(Cc2ccc(O)cc2)NC1=O. The van der Waals surface area contributed by atoms with Gasteiger partial charge in [0.25, 0.3) is 0 Å². The number of rotatable bonds is 7. The summed E-state index contributed by atoms with van der Waals surface area (Å²) in [6.45, 7) is 0.210. The molecule has 246 valence electrons. The van der Waals surface area contributed by atoms with E-state index in [1.807, 2.05) is 0 Å². The summed E-state index contributed by atoms with van der Waals surface area (Å²) in [7, 11) is 0. The highest BCUT2D eigenvalue weighted by atomic mass is 16.3. The largest absolute Gasteiger partial charge is 0.508 e. The Balaban J connectivity index is 1.72. The first-order valence-corrected chi connectivity index (χ1v) is 14.6. The fraction of sp³-hybridized carbons (Fsp3) is 0.400. The third-order valence-electron chi connectivity index (χ3n) is 7.80. The Morgan fingerprint density at radius 1 is 0.826 bits per heavy atom. The van der Waals surface area contributed by atoms with Crippen LogP contribution in [0.4, 0.5) is 0 Å². The molecule has 0 saturated carbocycles. The summed E-state index contributed by atoms with van der Waals surface area (Å²) < 4.78 is 0. The molecule has 0 aliphatic carbocycles. The second-order valence-electron chi connectivity index (χ2n) is 11.1. The van der Waals surface area contributed by atoms with Gasteiger partial charge in [0, 0.05) is 12.3 Å². The summed E-state index contributed by atoms with van der Waals surface area (Å²) in [5, 5.41) is 45.9. The quantitative estimate of drug-likeness (QED) is 0.143. The lowest BCUT2D eigenvalue weighted by atomic mass is 9.92. The summed E-state index contributed by atoms with van der Waals surface area (Å²) in [6.07, 6.45) is -1.74. The molecule has 1 saturated heterocycles. The smallest absolute Gasteiger partial charge is 0.246 e. The number of phenols is 1. The van der Waals surface area contributed by atoms with Crippen molar-refractivity contribution in [3.8, 4) is 5.75 Å². The summed E-state index contributed by atoms with van der Waals surface area (Å²) in [4.78, 5) is 71.0. The number of carbonyl (C=O) groups is 5. The van der Waals surface area contributed by atoms with Crippen LogP contribution in [0.5, 0.6) is 5.75 Å². The fourth-order valence-electron chi connectivity index (χ4n) is 5.14. The van der Waals surface area contributed by atoms with Gasteiger partial charge in [0.05, 0.1) is 25.7 Å². The first-order chi connectivity index (χ1) is 22.0. The molecule has 2 aliphatic rings. The average molecular weight is 639 g/mol. The fourth-order valence-corrected chi connectivity index (χ4v) is 5.14. The van der Waals surface area contributed by atoms with Crippen molar-refractivity contribution in [3.05, 3.63) is 65.7 Å². The molecule has 16 heteroatoms. The van der Waals surface area contributed by atoms with Crippen LogP contribution in [0, 0.1) is 0 Å². The third-order valence-corrected chi connectivity index (χ3v) is 7.80. The molecular weight excluding hydrogens is 600 g/mol. The van der Waals surface area contributed by atoms with E-state index in [2.05, 4.69) is 36.9 Å². The first kappa shape index (κ1) is 33.7. The van der Waals surface area contributed by atoms with E-state index in [0.717, 1.165) is 0 Å². The van der Waals surface area contributed by atoms with E-state index >= 15 is 0 Å². The molecule has 0 radical (unpaired) electrons. The Bertz CT molecular complexity index is 1450. The zero-order chi connectivity index (χ0) is 33.4. The Morgan fingerprint density at radius 3 is 2.11 bits per heavy atom. The molecule has 1 fully saturated rings. The second-order valence-corrected chi connectivity index (χ2v) is 11.1. The molecule has 0 spiro atoms. The molecule has 2 aromatic rings. The molecule has 2 aliphatic heterocycles. The van der Waals surface area contributed by atoms with Crippen LogP contribution in [0.3, 0.4) is 0 Å². The number of nitrogens with two attached hydrogens (primary N) is 1. The van der Waals surface area contributed by atoms with E-state index in [4.69, 9.17) is 5.73 Å². The van der Waals surface area contributed by atoms with E-state index < -0.39 is 84.9 Å². The van der Waals surface area contributed by atoms with Gasteiger partial charge >= 0.3 is 0 Å². The Labute approximate surface area is 264 Å². The molecule has 4 rings (SSSR count). The van der Waals surface area contributed by atoms with Crippen molar-refractivity contribution in [2.24, 2.45) is 10.7 Å². The molecule has 5 amide bonds. The number of carbonyl (C=O) groups excluding carboxylic acids is 5. The van der Waals surface area contributed by atoms with E-state index in [0.29, 0.717) is 11.1 Å². The highest BCUT2D eigenvalue weighted by molar-refractivity contribution is 5.97. The van der Waals surface area contributed by atoms with Gasteiger partial charge in [-0.2, -0.15) is 0 Å². The van der Waals surface area contributed by atoms with Crippen LogP contribution in [0.15, 0.2) is 59.6 Å². The van der Waals surface area contributed by atoms with Crippen LogP contribution < -0.4 is 37.6 Å². The minimum absolute atomic E-state index is 0.00811. The molecule has 46 heavy (non-hydrogen) atoms. The maximum atomic E-state index is 13.9. The number of guanidine groups is 1. The van der Waals surface area contributed by atoms with E-state index in [-0.39, 0.29) is 24.7 Å². The van der Waals surface area contributed by atoms with E-state index in [1.165, 1.54) is 12.1 Å². The van der Waals surface area contributed by atoms with Gasteiger partial charge in [0.2, 0.25) is 29.5 Å². The van der Waals surface area contributed by atoms with Crippen LogP contribution >= 0.6 is 0 Å². The zero-order valence-corrected chi connectivity index (χ0v) is 25.0. The summed E-state index contributed by atoms with van der Waals surface area (Å²) in [5.41, 5.74) is 6.92. The molecule has 16 nitrogen and oxygen atoms in total. The Morgan fingerprint density at radius 2 is 1.48 bits per heavy atom. The number of hydrogen-bond acceptors (Lipinski definition) is 11. The maximum Gasteiger partial charge on any atom is 0.246 e. The van der Waals surface area contributed by atoms with Gasteiger partial charge in [-0.3, -0.25) is 29.0 Å². The van der Waals surface area contributed by atoms with Gasteiger partial charge in [0.15, 0.2) is 5.96 Å². The number of aliphatic imine (C=N–C) groups is 1. The number of nitrogens with zero attached hydrogens (tertiary/aromatic N) is 1. The van der Waals surface area contributed by atoms with Crippen molar-refractivity contribution in [1.29, 1.82) is 0 Å². The van der Waals surface area contributed by atoms with Crippen LogP contribution in [0.1, 0.15) is 24.0 Å².